The molecule has 1 rings (SSSR count). The molecular weight excluding hydrogens is 239 g/mol. The molecule has 0 fully saturated rings. The van der Waals surface area contributed by atoms with Gasteiger partial charge in [0.05, 0.1) is 11.6 Å². The van der Waals surface area contributed by atoms with E-state index in [0.717, 1.165) is 0 Å². The fourth-order valence-electron chi connectivity index (χ4n) is 0.987. The molecule has 0 spiro atoms. The number of nitrogens with two attached hydrogens (primary N) is 1. The quantitative estimate of drug-likeness (QED) is 0.720. The van der Waals surface area contributed by atoms with Crippen LogP contribution in [0.25, 0.3) is 0 Å². The van der Waals surface area contributed by atoms with Crippen molar-refractivity contribution in [3.63, 3.8) is 0 Å². The number of anilines is 1. The molecule has 0 aliphatic carbocycles. The second kappa shape index (κ2) is 4.58. The van der Waals surface area contributed by atoms with Gasteiger partial charge in [-0.15, -0.1) is 0 Å². The van der Waals surface area contributed by atoms with E-state index in [1.54, 1.807) is 0 Å². The van der Waals surface area contributed by atoms with Crippen LogP contribution >= 0.6 is 0 Å². The van der Waals surface area contributed by atoms with Crippen molar-refractivity contribution in [3.8, 4) is 0 Å². The summed E-state index contributed by atoms with van der Waals surface area (Å²) in [5.74, 6) is -0.741. The van der Waals surface area contributed by atoms with Crippen molar-refractivity contribution in [2.24, 2.45) is 5.73 Å². The van der Waals surface area contributed by atoms with Crippen molar-refractivity contribution in [2.75, 3.05) is 5.32 Å². The fraction of sp³-hybridized carbons (Fsp3) is 0.333. The van der Waals surface area contributed by atoms with Crippen LogP contribution in [0.2, 0.25) is 0 Å². The number of rotatable bonds is 2. The molecule has 1 amide bonds. The minimum absolute atomic E-state index is 0.484. The number of hydrogen-bond donors (Lipinski definition) is 3. The zero-order chi connectivity index (χ0) is 13.2. The highest BCUT2D eigenvalue weighted by molar-refractivity contribution is 5.94. The number of carbonyl (C=O) groups is 1. The summed E-state index contributed by atoms with van der Waals surface area (Å²) >= 11 is 0. The van der Waals surface area contributed by atoms with E-state index in [4.69, 9.17) is 5.73 Å². The highest BCUT2D eigenvalue weighted by Gasteiger charge is 2.31. The maximum atomic E-state index is 12.3. The molecule has 0 unspecified atom stereocenters. The minimum Gasteiger partial charge on any atom is -0.327 e. The number of pyridine rings is 1. The highest BCUT2D eigenvalue weighted by Crippen LogP contribution is 2.29. The van der Waals surface area contributed by atoms with Gasteiger partial charge in [0.2, 0.25) is 5.91 Å². The summed E-state index contributed by atoms with van der Waals surface area (Å²) in [5, 5.41) is 2.01. The number of amides is 1. The summed E-state index contributed by atoms with van der Waals surface area (Å²) in [6, 6.07) is -0.372. The van der Waals surface area contributed by atoms with Crippen molar-refractivity contribution in [1.29, 1.82) is 0 Å². The van der Waals surface area contributed by atoms with Crippen LogP contribution in [0.4, 0.5) is 18.9 Å². The molecule has 0 aliphatic heterocycles. The average Bonchev–Trinajstić information content (AvgIpc) is 2.19. The van der Waals surface area contributed by atoms with Gasteiger partial charge in [0.15, 0.2) is 0 Å². The van der Waals surface area contributed by atoms with Crippen LogP contribution in [0.15, 0.2) is 17.1 Å². The van der Waals surface area contributed by atoms with Crippen molar-refractivity contribution in [3.05, 3.63) is 28.2 Å². The Labute approximate surface area is 93.8 Å². The molecule has 1 aromatic heterocycles. The number of hydrogen-bond acceptors (Lipinski definition) is 3. The summed E-state index contributed by atoms with van der Waals surface area (Å²) in [6.45, 7) is 1.34. The molecule has 17 heavy (non-hydrogen) atoms. The molecule has 94 valence electrons. The second-order valence-corrected chi connectivity index (χ2v) is 3.41. The van der Waals surface area contributed by atoms with Crippen LogP contribution in [0.1, 0.15) is 12.5 Å². The topological polar surface area (TPSA) is 88.0 Å². The number of halogens is 3. The van der Waals surface area contributed by atoms with Gasteiger partial charge in [0, 0.05) is 6.20 Å². The van der Waals surface area contributed by atoms with E-state index in [1.807, 2.05) is 10.3 Å². The number of aromatic amines is 1. The molecule has 0 radical (unpaired) electrons. The van der Waals surface area contributed by atoms with Gasteiger partial charge in [-0.2, -0.15) is 13.2 Å². The average molecular weight is 249 g/mol. The van der Waals surface area contributed by atoms with Gasteiger partial charge in [0.1, 0.15) is 5.69 Å². The smallest absolute Gasteiger partial charge is 0.327 e. The lowest BCUT2D eigenvalue weighted by atomic mass is 10.2. The summed E-state index contributed by atoms with van der Waals surface area (Å²) in [6.07, 6.45) is -4.07. The van der Waals surface area contributed by atoms with E-state index in [0.29, 0.717) is 12.3 Å². The van der Waals surface area contributed by atoms with Crippen molar-refractivity contribution >= 4 is 11.6 Å². The first-order valence-corrected chi connectivity index (χ1v) is 4.58. The van der Waals surface area contributed by atoms with E-state index in [2.05, 4.69) is 0 Å². The normalized spacial score (nSPS) is 13.2. The molecule has 0 bridgehead atoms. The van der Waals surface area contributed by atoms with E-state index in [-0.39, 0.29) is 0 Å². The number of H-pyrrole nitrogens is 1. The van der Waals surface area contributed by atoms with Crippen molar-refractivity contribution in [2.45, 2.75) is 19.1 Å². The number of carbonyl (C=O) groups excluding carboxylic acids is 1. The molecule has 0 aliphatic rings. The first-order chi connectivity index (χ1) is 7.71. The molecule has 1 atom stereocenters. The SMILES string of the molecule is C[C@H](N)C(=O)Nc1cc(C(F)(F)F)c[nH]c1=O. The maximum Gasteiger partial charge on any atom is 0.417 e. The summed E-state index contributed by atoms with van der Waals surface area (Å²) in [7, 11) is 0. The summed E-state index contributed by atoms with van der Waals surface area (Å²) in [5.41, 5.74) is 2.84. The van der Waals surface area contributed by atoms with E-state index in [9.17, 15) is 22.8 Å². The molecule has 1 heterocycles. The number of nitrogens with one attached hydrogen (secondary N) is 2. The zero-order valence-electron chi connectivity index (χ0n) is 8.76. The molecule has 0 saturated carbocycles. The minimum atomic E-state index is -4.60. The van der Waals surface area contributed by atoms with E-state index < -0.39 is 34.9 Å². The molecule has 1 aromatic rings. The van der Waals surface area contributed by atoms with Gasteiger partial charge in [0.25, 0.3) is 5.56 Å². The van der Waals surface area contributed by atoms with Gasteiger partial charge in [-0.05, 0) is 13.0 Å². The van der Waals surface area contributed by atoms with Crippen molar-refractivity contribution in [1.82, 2.24) is 4.98 Å². The lowest BCUT2D eigenvalue weighted by Crippen LogP contribution is -2.34. The van der Waals surface area contributed by atoms with E-state index in [1.165, 1.54) is 6.92 Å². The largest absolute Gasteiger partial charge is 0.417 e. The Morgan fingerprint density at radius 1 is 1.53 bits per heavy atom. The Morgan fingerprint density at radius 3 is 2.59 bits per heavy atom. The molecule has 0 aromatic carbocycles. The lowest BCUT2D eigenvalue weighted by Gasteiger charge is -2.10. The van der Waals surface area contributed by atoms with E-state index >= 15 is 0 Å². The number of alkyl halides is 3. The Morgan fingerprint density at radius 2 is 2.12 bits per heavy atom. The number of aromatic nitrogens is 1. The molecule has 0 saturated heterocycles. The summed E-state index contributed by atoms with van der Waals surface area (Å²) < 4.78 is 37.0. The van der Waals surface area contributed by atoms with Crippen LogP contribution in [0.3, 0.4) is 0 Å². The fourth-order valence-corrected chi connectivity index (χ4v) is 0.987. The summed E-state index contributed by atoms with van der Waals surface area (Å²) in [4.78, 5) is 24.2. The first kappa shape index (κ1) is 13.2. The van der Waals surface area contributed by atoms with Crippen LogP contribution in [-0.4, -0.2) is 16.9 Å². The van der Waals surface area contributed by atoms with Crippen LogP contribution in [0.5, 0.6) is 0 Å². The van der Waals surface area contributed by atoms with Gasteiger partial charge in [-0.1, -0.05) is 0 Å². The highest BCUT2D eigenvalue weighted by atomic mass is 19.4. The third kappa shape index (κ3) is 3.31. The van der Waals surface area contributed by atoms with Gasteiger partial charge < -0.3 is 16.0 Å². The van der Waals surface area contributed by atoms with Gasteiger partial charge in [-0.3, -0.25) is 9.59 Å². The van der Waals surface area contributed by atoms with Gasteiger partial charge in [-0.25, -0.2) is 0 Å². The van der Waals surface area contributed by atoms with Crippen LogP contribution in [0, 0.1) is 0 Å². The van der Waals surface area contributed by atoms with Crippen LogP contribution in [-0.2, 0) is 11.0 Å². The Balaban J connectivity index is 3.08. The van der Waals surface area contributed by atoms with Crippen LogP contribution < -0.4 is 16.6 Å². The molecular formula is C9H10F3N3O2. The molecule has 8 heteroatoms. The first-order valence-electron chi connectivity index (χ1n) is 4.58. The Hall–Kier alpha value is -1.83. The third-order valence-electron chi connectivity index (χ3n) is 1.90. The van der Waals surface area contributed by atoms with Crippen molar-refractivity contribution < 1.29 is 18.0 Å². The zero-order valence-corrected chi connectivity index (χ0v) is 8.76. The lowest BCUT2D eigenvalue weighted by molar-refractivity contribution is -0.137. The Kier molecular flexibility index (Phi) is 3.56. The predicted molar refractivity (Wildman–Crippen MR) is 54.3 cm³/mol. The predicted octanol–water partition coefficient (Wildman–Crippen LogP) is 0.679. The molecule has 4 N–H and O–H groups in total. The maximum absolute atomic E-state index is 12.3. The van der Waals surface area contributed by atoms with Gasteiger partial charge >= 0.3 is 6.18 Å². The monoisotopic (exact) mass is 249 g/mol. The third-order valence-corrected chi connectivity index (χ3v) is 1.90. The Bertz CT molecular complexity index is 479. The second-order valence-electron chi connectivity index (χ2n) is 3.41. The molecule has 5 nitrogen and oxygen atoms in total. The standard InChI is InChI=1S/C9H10F3N3O2/c1-4(13)7(16)15-6-2-5(9(10,11)12)3-14-8(6)17/h2-4H,13H2,1H3,(H,14,17)(H,15,16)/t4-/m0/s1.